The highest BCUT2D eigenvalue weighted by molar-refractivity contribution is 7.99. The highest BCUT2D eigenvalue weighted by Gasteiger charge is 2.30. The van der Waals surface area contributed by atoms with E-state index < -0.39 is 5.60 Å². The van der Waals surface area contributed by atoms with Gasteiger partial charge in [0.2, 0.25) is 5.91 Å². The van der Waals surface area contributed by atoms with Crippen LogP contribution in [0.4, 0.5) is 0 Å². The molecule has 1 unspecified atom stereocenters. The van der Waals surface area contributed by atoms with Crippen LogP contribution in [0.3, 0.4) is 0 Å². The summed E-state index contributed by atoms with van der Waals surface area (Å²) in [6.07, 6.45) is 7.29. The van der Waals surface area contributed by atoms with Crippen LogP contribution in [0.25, 0.3) is 0 Å². The molecule has 0 spiro atoms. The molecule has 3 nitrogen and oxygen atoms in total. The Morgan fingerprint density at radius 3 is 2.59 bits per heavy atom. The van der Waals surface area contributed by atoms with Crippen molar-refractivity contribution in [3.8, 4) is 0 Å². The van der Waals surface area contributed by atoms with Crippen molar-refractivity contribution < 1.29 is 9.90 Å². The summed E-state index contributed by atoms with van der Waals surface area (Å²) in [6.45, 7) is 0.451. The molecule has 17 heavy (non-hydrogen) atoms. The maximum Gasteiger partial charge on any atom is 0.224 e. The van der Waals surface area contributed by atoms with E-state index in [1.807, 2.05) is 11.8 Å². The summed E-state index contributed by atoms with van der Waals surface area (Å²) in [6, 6.07) is 0. The Hall–Kier alpha value is -0.220. The fraction of sp³-hybridized carbons (Fsp3) is 0.923. The third-order valence-electron chi connectivity index (χ3n) is 3.93. The quantitative estimate of drug-likeness (QED) is 0.760. The molecule has 1 amide bonds. The van der Waals surface area contributed by atoms with Crippen LogP contribution in [-0.2, 0) is 4.79 Å². The zero-order chi connectivity index (χ0) is 12.1. The van der Waals surface area contributed by atoms with Crippen molar-refractivity contribution in [2.45, 2.75) is 50.5 Å². The highest BCUT2D eigenvalue weighted by atomic mass is 32.2. The molecule has 2 rings (SSSR count). The van der Waals surface area contributed by atoms with Crippen LogP contribution >= 0.6 is 11.8 Å². The van der Waals surface area contributed by atoms with Crippen LogP contribution in [0, 0.1) is 5.92 Å². The molecule has 98 valence electrons. The van der Waals surface area contributed by atoms with E-state index in [2.05, 4.69) is 5.32 Å². The smallest absolute Gasteiger partial charge is 0.224 e. The molecule has 2 fully saturated rings. The molecule has 2 N–H and O–H groups in total. The van der Waals surface area contributed by atoms with Crippen LogP contribution in [0.1, 0.15) is 44.9 Å². The van der Waals surface area contributed by atoms with Gasteiger partial charge in [-0.05, 0) is 25.0 Å². The fourth-order valence-electron chi connectivity index (χ4n) is 2.70. The second kappa shape index (κ2) is 6.10. The average molecular weight is 257 g/mol. The van der Waals surface area contributed by atoms with Crippen LogP contribution < -0.4 is 5.32 Å². The molecule has 0 bridgehead atoms. The van der Waals surface area contributed by atoms with Crippen molar-refractivity contribution in [2.24, 2.45) is 5.92 Å². The molecule has 0 aromatic heterocycles. The van der Waals surface area contributed by atoms with Crippen molar-refractivity contribution in [3.63, 3.8) is 0 Å². The van der Waals surface area contributed by atoms with Crippen molar-refractivity contribution >= 4 is 17.7 Å². The third-order valence-corrected chi connectivity index (χ3v) is 5.09. The van der Waals surface area contributed by atoms with E-state index in [4.69, 9.17) is 0 Å². The molecular weight excluding hydrogens is 234 g/mol. The van der Waals surface area contributed by atoms with E-state index in [9.17, 15) is 9.90 Å². The van der Waals surface area contributed by atoms with Gasteiger partial charge in [0.05, 0.1) is 5.60 Å². The number of carbonyl (C=O) groups is 1. The summed E-state index contributed by atoms with van der Waals surface area (Å²) in [4.78, 5) is 11.9. The second-order valence-electron chi connectivity index (χ2n) is 5.42. The average Bonchev–Trinajstić information content (AvgIpc) is 2.77. The molecular formula is C13H23NO2S. The lowest BCUT2D eigenvalue weighted by molar-refractivity contribution is -0.125. The minimum Gasteiger partial charge on any atom is -0.388 e. The molecule has 2 aliphatic rings. The Morgan fingerprint density at radius 2 is 2.00 bits per heavy atom. The first kappa shape index (κ1) is 13.2. The standard InChI is InChI=1S/C13H23NO2S/c15-12(11-5-8-17-9-11)14-10-13(16)6-3-1-2-4-7-13/h11,16H,1-10H2,(H,14,15). The Morgan fingerprint density at radius 1 is 1.29 bits per heavy atom. The molecule has 1 heterocycles. The second-order valence-corrected chi connectivity index (χ2v) is 6.57. The zero-order valence-corrected chi connectivity index (χ0v) is 11.2. The van der Waals surface area contributed by atoms with Gasteiger partial charge in [-0.2, -0.15) is 11.8 Å². The number of thioether (sulfide) groups is 1. The molecule has 0 radical (unpaired) electrons. The van der Waals surface area contributed by atoms with Crippen LogP contribution in [-0.4, -0.2) is 34.7 Å². The Labute approximate surface area is 108 Å². The molecule has 0 aromatic carbocycles. The van der Waals surface area contributed by atoms with Gasteiger partial charge in [0.25, 0.3) is 0 Å². The number of rotatable bonds is 3. The normalized spacial score (nSPS) is 28.6. The summed E-state index contributed by atoms with van der Waals surface area (Å²) in [5.74, 6) is 2.37. The SMILES string of the molecule is O=C(NCC1(O)CCCCCC1)C1CCSC1. The lowest BCUT2D eigenvalue weighted by Gasteiger charge is -2.27. The van der Waals surface area contributed by atoms with Crippen LogP contribution in [0.15, 0.2) is 0 Å². The van der Waals surface area contributed by atoms with Gasteiger partial charge in [-0.25, -0.2) is 0 Å². The van der Waals surface area contributed by atoms with Crippen molar-refractivity contribution in [2.75, 3.05) is 18.1 Å². The zero-order valence-electron chi connectivity index (χ0n) is 10.4. The predicted octanol–water partition coefficient (Wildman–Crippen LogP) is 1.94. The highest BCUT2D eigenvalue weighted by Crippen LogP contribution is 2.27. The lowest BCUT2D eigenvalue weighted by Crippen LogP contribution is -2.44. The van der Waals surface area contributed by atoms with Crippen molar-refractivity contribution in [1.29, 1.82) is 0 Å². The van der Waals surface area contributed by atoms with E-state index in [0.717, 1.165) is 43.6 Å². The summed E-state index contributed by atoms with van der Waals surface area (Å²) in [5, 5.41) is 13.4. The number of hydrogen-bond donors (Lipinski definition) is 2. The van der Waals surface area contributed by atoms with Crippen LogP contribution in [0.2, 0.25) is 0 Å². The van der Waals surface area contributed by atoms with Crippen molar-refractivity contribution in [3.05, 3.63) is 0 Å². The molecule has 1 saturated heterocycles. The number of carbonyl (C=O) groups excluding carboxylic acids is 1. The monoisotopic (exact) mass is 257 g/mol. The molecule has 4 heteroatoms. The van der Waals surface area contributed by atoms with Gasteiger partial charge in [-0.1, -0.05) is 25.7 Å². The summed E-state index contributed by atoms with van der Waals surface area (Å²) < 4.78 is 0. The van der Waals surface area contributed by atoms with Gasteiger partial charge < -0.3 is 10.4 Å². The summed E-state index contributed by atoms with van der Waals surface area (Å²) >= 11 is 1.85. The number of nitrogens with one attached hydrogen (secondary N) is 1. The largest absolute Gasteiger partial charge is 0.388 e. The Kier molecular flexibility index (Phi) is 4.74. The third kappa shape index (κ3) is 3.88. The fourth-order valence-corrected chi connectivity index (χ4v) is 3.92. The van der Waals surface area contributed by atoms with Crippen LogP contribution in [0.5, 0.6) is 0 Å². The number of aliphatic hydroxyl groups is 1. The van der Waals surface area contributed by atoms with Gasteiger partial charge >= 0.3 is 0 Å². The summed E-state index contributed by atoms with van der Waals surface area (Å²) in [7, 11) is 0. The van der Waals surface area contributed by atoms with Gasteiger partial charge in [0, 0.05) is 18.2 Å². The van der Waals surface area contributed by atoms with E-state index >= 15 is 0 Å². The first-order chi connectivity index (χ1) is 8.20. The molecule has 1 atom stereocenters. The Balaban J connectivity index is 1.77. The van der Waals surface area contributed by atoms with E-state index in [1.165, 1.54) is 12.8 Å². The lowest BCUT2D eigenvalue weighted by atomic mass is 9.94. The summed E-state index contributed by atoms with van der Waals surface area (Å²) in [5.41, 5.74) is -0.641. The predicted molar refractivity (Wildman–Crippen MR) is 71.1 cm³/mol. The van der Waals surface area contributed by atoms with Crippen molar-refractivity contribution in [1.82, 2.24) is 5.32 Å². The van der Waals surface area contributed by atoms with E-state index in [-0.39, 0.29) is 11.8 Å². The van der Waals surface area contributed by atoms with Gasteiger partial charge in [-0.15, -0.1) is 0 Å². The first-order valence-corrected chi connectivity index (χ1v) is 7.93. The molecule has 1 aliphatic carbocycles. The van der Waals surface area contributed by atoms with E-state index in [0.29, 0.717) is 6.54 Å². The number of hydrogen-bond acceptors (Lipinski definition) is 3. The topological polar surface area (TPSA) is 49.3 Å². The maximum absolute atomic E-state index is 11.9. The van der Waals surface area contributed by atoms with Gasteiger partial charge in [-0.3, -0.25) is 4.79 Å². The van der Waals surface area contributed by atoms with Gasteiger partial charge in [0.1, 0.15) is 0 Å². The number of amides is 1. The molecule has 1 saturated carbocycles. The molecule has 1 aliphatic heterocycles. The molecule has 0 aromatic rings. The van der Waals surface area contributed by atoms with E-state index in [1.54, 1.807) is 0 Å². The minimum atomic E-state index is -0.641. The Bertz CT molecular complexity index is 256. The van der Waals surface area contributed by atoms with Gasteiger partial charge in [0.15, 0.2) is 0 Å². The minimum absolute atomic E-state index is 0.146. The first-order valence-electron chi connectivity index (χ1n) is 6.77. The maximum atomic E-state index is 11.9.